The topological polar surface area (TPSA) is 131 Å². The molecule has 1 unspecified atom stereocenters. The Hall–Kier alpha value is -2.94. The summed E-state index contributed by atoms with van der Waals surface area (Å²) in [5, 5.41) is 0. The first-order valence-corrected chi connectivity index (χ1v) is 14.2. The fraction of sp³-hybridized carbons (Fsp3) is 0.677. The number of rotatable bonds is 15. The van der Waals surface area contributed by atoms with Crippen LogP contribution >= 0.6 is 0 Å². The summed E-state index contributed by atoms with van der Waals surface area (Å²) >= 11 is 0. The van der Waals surface area contributed by atoms with Gasteiger partial charge in [0.2, 0.25) is 0 Å². The van der Waals surface area contributed by atoms with Gasteiger partial charge in [-0.3, -0.25) is 19.2 Å². The van der Waals surface area contributed by atoms with Crippen molar-refractivity contribution in [3.8, 4) is 11.5 Å². The highest BCUT2D eigenvalue weighted by atomic mass is 16.6. The van der Waals surface area contributed by atoms with Gasteiger partial charge in [0.25, 0.3) is 0 Å². The molecule has 0 aliphatic carbocycles. The molecule has 4 atom stereocenters. The summed E-state index contributed by atoms with van der Waals surface area (Å²) in [7, 11) is 0. The zero-order chi connectivity index (χ0) is 30.8. The molecule has 40 heavy (non-hydrogen) atoms. The lowest BCUT2D eigenvalue weighted by molar-refractivity contribution is -0.168. The molecule has 0 saturated heterocycles. The second-order valence-electron chi connectivity index (χ2n) is 11.8. The molecule has 0 bridgehead atoms. The van der Waals surface area contributed by atoms with Gasteiger partial charge in [-0.1, -0.05) is 40.2 Å². The third-order valence-electron chi connectivity index (χ3n) is 7.43. The van der Waals surface area contributed by atoms with Gasteiger partial charge in [0, 0.05) is 0 Å². The molecule has 0 spiro atoms. The highest BCUT2D eigenvalue weighted by Crippen LogP contribution is 2.34. The largest absolute Gasteiger partial charge is 0.459 e. The van der Waals surface area contributed by atoms with Crippen LogP contribution in [0.4, 0.5) is 0 Å². The maximum atomic E-state index is 12.8. The summed E-state index contributed by atoms with van der Waals surface area (Å²) in [6, 6.07) is 3.69. The molecule has 1 rings (SSSR count). The molecule has 0 aliphatic heterocycles. The summed E-state index contributed by atoms with van der Waals surface area (Å²) in [6.45, 7) is 17.9. The van der Waals surface area contributed by atoms with Crippen LogP contribution in [0.1, 0.15) is 100 Å². The number of hydrogen-bond acceptors (Lipinski definition) is 9. The van der Waals surface area contributed by atoms with Crippen LogP contribution in [-0.4, -0.2) is 42.1 Å². The standard InChI is InChI=1S/C31H49NO8/c1-11-14-19(4)26(33)37-20(5)21(6)38-27(34)23(32)17-22-15-16-24(39-28(35)30(7,8)12-2)25(18-22)40-29(36)31(9,10)13-3/h15-16,18-21,23H,11-14,17,32H2,1-10H3/t19?,20-,21-,23-/m0/s1. The first-order chi connectivity index (χ1) is 18.5. The second kappa shape index (κ2) is 15.2. The van der Waals surface area contributed by atoms with E-state index in [4.69, 9.17) is 24.7 Å². The lowest BCUT2D eigenvalue weighted by Gasteiger charge is -2.24. The third-order valence-corrected chi connectivity index (χ3v) is 7.43. The molecule has 0 aliphatic rings. The van der Waals surface area contributed by atoms with Gasteiger partial charge in [0.1, 0.15) is 18.2 Å². The molecule has 2 N–H and O–H groups in total. The minimum Gasteiger partial charge on any atom is -0.459 e. The smallest absolute Gasteiger partial charge is 0.323 e. The summed E-state index contributed by atoms with van der Waals surface area (Å²) < 4.78 is 22.2. The Kier molecular flexibility index (Phi) is 13.3. The monoisotopic (exact) mass is 563 g/mol. The van der Waals surface area contributed by atoms with Gasteiger partial charge in [0.05, 0.1) is 16.7 Å². The van der Waals surface area contributed by atoms with E-state index < -0.39 is 47.0 Å². The van der Waals surface area contributed by atoms with Crippen molar-refractivity contribution in [1.82, 2.24) is 0 Å². The van der Waals surface area contributed by atoms with Crippen molar-refractivity contribution in [2.24, 2.45) is 22.5 Å². The van der Waals surface area contributed by atoms with Gasteiger partial charge < -0.3 is 24.7 Å². The van der Waals surface area contributed by atoms with Crippen LogP contribution in [-0.2, 0) is 35.1 Å². The van der Waals surface area contributed by atoms with Gasteiger partial charge in [-0.2, -0.15) is 0 Å². The van der Waals surface area contributed by atoms with Crippen LogP contribution in [0.2, 0.25) is 0 Å². The maximum Gasteiger partial charge on any atom is 0.323 e. The average Bonchev–Trinajstić information content (AvgIpc) is 2.89. The van der Waals surface area contributed by atoms with Gasteiger partial charge in [-0.15, -0.1) is 0 Å². The molecule has 1 aromatic rings. The van der Waals surface area contributed by atoms with E-state index in [-0.39, 0.29) is 29.8 Å². The Bertz CT molecular complexity index is 1030. The molecule has 0 heterocycles. The first kappa shape index (κ1) is 35.1. The predicted molar refractivity (Wildman–Crippen MR) is 153 cm³/mol. The SMILES string of the molecule is CCCC(C)C(=O)O[C@@H](C)[C@H](C)OC(=O)[C@@H](N)Cc1ccc(OC(=O)C(C)(C)CC)c(OC(=O)C(C)(C)CC)c1. The molecule has 226 valence electrons. The minimum absolute atomic E-state index is 0.0694. The van der Waals surface area contributed by atoms with Crippen molar-refractivity contribution < 1.29 is 38.1 Å². The summed E-state index contributed by atoms with van der Waals surface area (Å²) in [5.74, 6) is -2.00. The van der Waals surface area contributed by atoms with E-state index in [1.165, 1.54) is 6.07 Å². The van der Waals surface area contributed by atoms with E-state index in [2.05, 4.69) is 0 Å². The molecular weight excluding hydrogens is 514 g/mol. The molecule has 0 radical (unpaired) electrons. The van der Waals surface area contributed by atoms with Crippen LogP contribution in [0.3, 0.4) is 0 Å². The molecule has 0 amide bonds. The average molecular weight is 564 g/mol. The summed E-state index contributed by atoms with van der Waals surface area (Å²) in [5.41, 5.74) is 5.24. The van der Waals surface area contributed by atoms with Crippen molar-refractivity contribution >= 4 is 23.9 Å². The normalized spacial score (nSPS) is 14.9. The quantitative estimate of drug-likeness (QED) is 0.216. The second-order valence-corrected chi connectivity index (χ2v) is 11.8. The van der Waals surface area contributed by atoms with E-state index in [0.29, 0.717) is 24.8 Å². The number of benzene rings is 1. The first-order valence-electron chi connectivity index (χ1n) is 14.2. The van der Waals surface area contributed by atoms with Crippen LogP contribution < -0.4 is 15.2 Å². The Labute approximate surface area is 239 Å². The molecule has 9 heteroatoms. The Morgan fingerprint density at radius 2 is 1.25 bits per heavy atom. The number of nitrogens with two attached hydrogens (primary N) is 1. The zero-order valence-corrected chi connectivity index (χ0v) is 25.9. The summed E-state index contributed by atoms with van der Waals surface area (Å²) in [6.07, 6.45) is 1.42. The van der Waals surface area contributed by atoms with Crippen LogP contribution in [0.25, 0.3) is 0 Å². The van der Waals surface area contributed by atoms with E-state index >= 15 is 0 Å². The molecule has 1 aromatic carbocycles. The van der Waals surface area contributed by atoms with E-state index in [1.807, 2.05) is 20.8 Å². The zero-order valence-electron chi connectivity index (χ0n) is 25.9. The van der Waals surface area contributed by atoms with Crippen molar-refractivity contribution in [3.05, 3.63) is 23.8 Å². The molecule has 0 fully saturated rings. The summed E-state index contributed by atoms with van der Waals surface area (Å²) in [4.78, 5) is 50.5. The number of carbonyl (C=O) groups is 4. The van der Waals surface area contributed by atoms with E-state index in [1.54, 1.807) is 60.6 Å². The Morgan fingerprint density at radius 1 is 0.775 bits per heavy atom. The van der Waals surface area contributed by atoms with Crippen molar-refractivity contribution in [1.29, 1.82) is 0 Å². The van der Waals surface area contributed by atoms with Gasteiger partial charge in [-0.05, 0) is 84.9 Å². The molecule has 0 aromatic heterocycles. The Morgan fingerprint density at radius 3 is 1.73 bits per heavy atom. The fourth-order valence-electron chi connectivity index (χ4n) is 3.26. The van der Waals surface area contributed by atoms with E-state index in [9.17, 15) is 19.2 Å². The minimum atomic E-state index is -1.03. The lowest BCUT2D eigenvalue weighted by Crippen LogP contribution is -2.40. The predicted octanol–water partition coefficient (Wildman–Crippen LogP) is 5.54. The van der Waals surface area contributed by atoms with Crippen molar-refractivity contribution in [3.63, 3.8) is 0 Å². The number of carbonyl (C=O) groups excluding carboxylic acids is 4. The molecular formula is C31H49NO8. The highest BCUT2D eigenvalue weighted by molar-refractivity contribution is 5.82. The van der Waals surface area contributed by atoms with Gasteiger partial charge in [-0.25, -0.2) is 0 Å². The lowest BCUT2D eigenvalue weighted by atomic mass is 9.90. The van der Waals surface area contributed by atoms with Crippen LogP contribution in [0, 0.1) is 16.7 Å². The maximum absolute atomic E-state index is 12.8. The molecule has 0 saturated carbocycles. The van der Waals surface area contributed by atoms with Crippen LogP contribution in [0.5, 0.6) is 11.5 Å². The van der Waals surface area contributed by atoms with Crippen molar-refractivity contribution in [2.75, 3.05) is 0 Å². The van der Waals surface area contributed by atoms with Crippen LogP contribution in [0.15, 0.2) is 18.2 Å². The number of esters is 4. The fourth-order valence-corrected chi connectivity index (χ4v) is 3.26. The number of hydrogen-bond donors (Lipinski definition) is 1. The molecule has 9 nitrogen and oxygen atoms in total. The van der Waals surface area contributed by atoms with Gasteiger partial charge >= 0.3 is 23.9 Å². The third kappa shape index (κ3) is 10.2. The van der Waals surface area contributed by atoms with E-state index in [0.717, 1.165) is 6.42 Å². The van der Waals surface area contributed by atoms with Gasteiger partial charge in [0.15, 0.2) is 11.5 Å². The highest BCUT2D eigenvalue weighted by Gasteiger charge is 2.32. The number of ether oxygens (including phenoxy) is 4. The van der Waals surface area contributed by atoms with Crippen molar-refractivity contribution in [2.45, 2.75) is 120 Å². The Balaban J connectivity index is 3.05.